The summed E-state index contributed by atoms with van der Waals surface area (Å²) < 4.78 is 78.5. The van der Waals surface area contributed by atoms with Gasteiger partial charge in [-0.2, -0.15) is 13.2 Å². The van der Waals surface area contributed by atoms with Crippen molar-refractivity contribution in [1.29, 1.82) is 0 Å². The Morgan fingerprint density at radius 2 is 1.85 bits per heavy atom. The van der Waals surface area contributed by atoms with E-state index in [9.17, 15) is 45.5 Å². The number of hydrogen-bond acceptors (Lipinski definition) is 9. The molecule has 0 saturated carbocycles. The Morgan fingerprint density at radius 1 is 1.17 bits per heavy atom. The summed E-state index contributed by atoms with van der Waals surface area (Å²) in [7, 11) is -4.26. The normalized spacial score (nSPS) is 18.2. The molecule has 4 rings (SSSR count). The number of ketones is 1. The molecule has 10 nitrogen and oxygen atoms in total. The summed E-state index contributed by atoms with van der Waals surface area (Å²) in [5.74, 6) is -3.53. The molecule has 0 spiro atoms. The molecule has 3 N–H and O–H groups in total. The van der Waals surface area contributed by atoms with Crippen LogP contribution in [0.5, 0.6) is 0 Å². The second-order valence-corrected chi connectivity index (χ2v) is 12.4. The van der Waals surface area contributed by atoms with E-state index in [1.54, 1.807) is 0 Å². The van der Waals surface area contributed by atoms with Gasteiger partial charge in [-0.05, 0) is 48.9 Å². The molecule has 0 radical (unpaired) electrons. The van der Waals surface area contributed by atoms with Gasteiger partial charge in [-0.25, -0.2) is 27.6 Å². The number of carboxylic acid groups (broad SMARTS) is 1. The second-order valence-electron chi connectivity index (χ2n) is 9.20. The number of alkyl halides is 3. The van der Waals surface area contributed by atoms with Gasteiger partial charge in [0.15, 0.2) is 5.69 Å². The van der Waals surface area contributed by atoms with Gasteiger partial charge in [0, 0.05) is 6.42 Å². The topological polar surface area (TPSA) is 155 Å². The van der Waals surface area contributed by atoms with E-state index in [1.165, 1.54) is 23.6 Å². The van der Waals surface area contributed by atoms with Crippen molar-refractivity contribution < 1.29 is 45.5 Å². The summed E-state index contributed by atoms with van der Waals surface area (Å²) in [6, 6.07) is 3.85. The third-order valence-corrected chi connectivity index (χ3v) is 9.90. The number of rotatable bonds is 9. The zero-order valence-corrected chi connectivity index (χ0v) is 22.7. The Labute approximate surface area is 234 Å². The van der Waals surface area contributed by atoms with E-state index in [-0.39, 0.29) is 34.7 Å². The quantitative estimate of drug-likeness (QED) is 0.244. The van der Waals surface area contributed by atoms with E-state index < -0.39 is 68.3 Å². The Kier molecular flexibility index (Phi) is 8.56. The van der Waals surface area contributed by atoms with Crippen LogP contribution >= 0.6 is 11.3 Å². The highest BCUT2D eigenvalue weighted by Crippen LogP contribution is 2.32. The molecule has 1 saturated heterocycles. The highest BCUT2D eigenvalue weighted by Gasteiger charge is 2.41. The molecule has 1 unspecified atom stereocenters. The van der Waals surface area contributed by atoms with Gasteiger partial charge in [0.1, 0.15) is 27.1 Å². The maximum atomic E-state index is 13.4. The average molecular weight is 615 g/mol. The molecular weight excluding hydrogens is 592 g/mol. The lowest BCUT2D eigenvalue weighted by Crippen LogP contribution is -2.50. The predicted molar refractivity (Wildman–Crippen MR) is 136 cm³/mol. The van der Waals surface area contributed by atoms with E-state index >= 15 is 0 Å². The van der Waals surface area contributed by atoms with Gasteiger partial charge in [-0.15, -0.1) is 11.3 Å². The third kappa shape index (κ3) is 6.60. The number of aromatic nitrogens is 2. The van der Waals surface area contributed by atoms with Gasteiger partial charge >= 0.3 is 12.1 Å². The van der Waals surface area contributed by atoms with Crippen molar-refractivity contribution in [2.24, 2.45) is 0 Å². The van der Waals surface area contributed by atoms with Gasteiger partial charge < -0.3 is 10.4 Å². The van der Waals surface area contributed by atoms with Crippen LogP contribution in [-0.4, -0.2) is 58.6 Å². The van der Waals surface area contributed by atoms with Crippen LogP contribution in [-0.2, 0) is 32.0 Å². The molecule has 3 atom stereocenters. The molecule has 1 amide bonds. The molecule has 16 heteroatoms. The number of aliphatic carboxylic acids is 1. The molecule has 1 aliphatic rings. The molecule has 1 aliphatic heterocycles. The number of nitrogens with one attached hydrogen (secondary N) is 2. The highest BCUT2D eigenvalue weighted by molar-refractivity contribution is 7.94. The Balaban J connectivity index is 1.48. The maximum Gasteiger partial charge on any atom is 0.434 e. The number of thiophene rings is 1. The lowest BCUT2D eigenvalue weighted by molar-refractivity contribution is -0.142. The number of amides is 1. The summed E-state index contributed by atoms with van der Waals surface area (Å²) in [6.07, 6.45) is -4.53. The summed E-state index contributed by atoms with van der Waals surface area (Å²) >= 11 is 0.724. The third-order valence-electron chi connectivity index (χ3n) is 6.35. The molecule has 41 heavy (non-hydrogen) atoms. The number of carbonyl (C=O) groups excluding carboxylic acids is 2. The van der Waals surface area contributed by atoms with Crippen LogP contribution in [0.25, 0.3) is 0 Å². The lowest BCUT2D eigenvalue weighted by Gasteiger charge is -2.19. The van der Waals surface area contributed by atoms with E-state index in [0.29, 0.717) is 11.8 Å². The highest BCUT2D eigenvalue weighted by atomic mass is 32.2. The van der Waals surface area contributed by atoms with E-state index in [0.717, 1.165) is 30.4 Å². The van der Waals surface area contributed by atoms with Crippen LogP contribution in [0, 0.1) is 12.7 Å². The zero-order chi connectivity index (χ0) is 30.1. The first-order chi connectivity index (χ1) is 19.2. The Morgan fingerprint density at radius 3 is 2.46 bits per heavy atom. The molecule has 1 fully saturated rings. The summed E-state index contributed by atoms with van der Waals surface area (Å²) in [4.78, 5) is 44.6. The number of carboxylic acids is 1. The number of hydrogen-bond donors (Lipinski definition) is 3. The molecule has 0 bridgehead atoms. The fourth-order valence-corrected chi connectivity index (χ4v) is 7.45. The Hall–Kier alpha value is -3.76. The monoisotopic (exact) mass is 614 g/mol. The van der Waals surface area contributed by atoms with Crippen molar-refractivity contribution in [2.75, 3.05) is 0 Å². The number of nitrogens with zero attached hydrogens (tertiary/aromatic N) is 2. The first kappa shape index (κ1) is 30.2. The second kappa shape index (κ2) is 11.6. The largest absolute Gasteiger partial charge is 0.480 e. The van der Waals surface area contributed by atoms with Gasteiger partial charge in [0.2, 0.25) is 21.5 Å². The van der Waals surface area contributed by atoms with Crippen molar-refractivity contribution in [2.45, 2.75) is 54.0 Å². The van der Waals surface area contributed by atoms with Crippen molar-refractivity contribution >= 4 is 38.8 Å². The van der Waals surface area contributed by atoms with Gasteiger partial charge in [-0.1, -0.05) is 12.1 Å². The standard InChI is InChI=1S/C25H22F4N4O6S2/c1-12-20(30-11-18(31-12)25(27,28)29)21(34)15-8-9-40-24(15)41(38,39)19-7-6-16(32-19)22(35)33-17(23(36)37)10-13-2-4-14(26)5-3-13/h2-5,8-9,11,16-17,19,32H,6-7,10H2,1H3,(H,33,35)(H,36,37)/t16-,17-,19?/m0/s1. The maximum absolute atomic E-state index is 13.4. The number of carbonyl (C=O) groups is 3. The number of benzene rings is 1. The van der Waals surface area contributed by atoms with Crippen molar-refractivity contribution in [3.05, 3.63) is 75.9 Å². The van der Waals surface area contributed by atoms with Crippen LogP contribution in [0.15, 0.2) is 46.1 Å². The molecular formula is C25H22F4N4O6S2. The molecule has 2 aromatic heterocycles. The van der Waals surface area contributed by atoms with Gasteiger partial charge in [0.05, 0.1) is 23.5 Å². The van der Waals surface area contributed by atoms with Gasteiger partial charge in [-0.3, -0.25) is 14.9 Å². The van der Waals surface area contributed by atoms with Crippen LogP contribution in [0.4, 0.5) is 17.6 Å². The molecule has 0 aliphatic carbocycles. The minimum atomic E-state index is -4.78. The first-order valence-corrected chi connectivity index (χ1v) is 14.4. The summed E-state index contributed by atoms with van der Waals surface area (Å²) in [5, 5.41) is 14.6. The van der Waals surface area contributed by atoms with E-state index in [1.807, 2.05) is 0 Å². The minimum absolute atomic E-state index is 0.0385. The fraction of sp³-hybridized carbons (Fsp3) is 0.320. The summed E-state index contributed by atoms with van der Waals surface area (Å²) in [6.45, 7) is 1.15. The first-order valence-electron chi connectivity index (χ1n) is 12.0. The molecule has 218 valence electrons. The van der Waals surface area contributed by atoms with Crippen molar-refractivity contribution in [1.82, 2.24) is 20.6 Å². The van der Waals surface area contributed by atoms with E-state index in [2.05, 4.69) is 20.6 Å². The van der Waals surface area contributed by atoms with Crippen LogP contribution in [0.2, 0.25) is 0 Å². The number of sulfone groups is 1. The van der Waals surface area contributed by atoms with Gasteiger partial charge in [0.25, 0.3) is 0 Å². The molecule has 3 heterocycles. The molecule has 3 aromatic rings. The van der Waals surface area contributed by atoms with Crippen LogP contribution in [0.1, 0.15) is 45.8 Å². The average Bonchev–Trinajstić information content (AvgIpc) is 3.60. The van der Waals surface area contributed by atoms with Crippen LogP contribution in [0.3, 0.4) is 0 Å². The van der Waals surface area contributed by atoms with E-state index in [4.69, 9.17) is 0 Å². The number of halogens is 4. The smallest absolute Gasteiger partial charge is 0.434 e. The fourth-order valence-electron chi connectivity index (χ4n) is 4.27. The molecule has 1 aromatic carbocycles. The SMILES string of the molecule is Cc1nc(C(F)(F)F)cnc1C(=O)c1ccsc1S(=O)(=O)C1CC[C@@H](C(=O)N[C@@H](Cc2ccc(F)cc2)C(=O)O)N1. The summed E-state index contributed by atoms with van der Waals surface area (Å²) in [5.41, 5.74) is -1.91. The minimum Gasteiger partial charge on any atom is -0.480 e. The zero-order valence-electron chi connectivity index (χ0n) is 21.1. The Bertz CT molecular complexity index is 1590. The van der Waals surface area contributed by atoms with Crippen molar-refractivity contribution in [3.63, 3.8) is 0 Å². The number of aryl methyl sites for hydroxylation is 1. The lowest BCUT2D eigenvalue weighted by atomic mass is 10.1. The predicted octanol–water partition coefficient (Wildman–Crippen LogP) is 2.90. The van der Waals surface area contributed by atoms with Crippen LogP contribution < -0.4 is 10.6 Å². The van der Waals surface area contributed by atoms with Crippen molar-refractivity contribution in [3.8, 4) is 0 Å².